The average molecular weight is 354 g/mol. The SMILES string of the molecule is CN(Cc1ccc2ccccc2c1)C(=O)c1cccc(Br)c1. The standard InChI is InChI=1S/C19H16BrNO/c1-21(19(22)17-7-4-8-18(20)12-17)13-14-9-10-15-5-2-3-6-16(15)11-14/h2-12H,13H2,1H3. The zero-order valence-corrected chi connectivity index (χ0v) is 13.9. The summed E-state index contributed by atoms with van der Waals surface area (Å²) in [5, 5.41) is 2.41. The van der Waals surface area contributed by atoms with E-state index in [-0.39, 0.29) is 5.91 Å². The van der Waals surface area contributed by atoms with Crippen LogP contribution < -0.4 is 0 Å². The van der Waals surface area contributed by atoms with E-state index in [0.29, 0.717) is 12.1 Å². The van der Waals surface area contributed by atoms with Gasteiger partial charge < -0.3 is 4.90 Å². The second-order valence-corrected chi connectivity index (χ2v) is 6.27. The Morgan fingerprint density at radius 3 is 2.50 bits per heavy atom. The number of carbonyl (C=O) groups excluding carboxylic acids is 1. The molecule has 0 aliphatic rings. The Morgan fingerprint density at radius 1 is 0.955 bits per heavy atom. The van der Waals surface area contributed by atoms with Crippen molar-refractivity contribution in [2.45, 2.75) is 6.54 Å². The highest BCUT2D eigenvalue weighted by molar-refractivity contribution is 9.10. The highest BCUT2D eigenvalue weighted by Crippen LogP contribution is 2.18. The van der Waals surface area contributed by atoms with Crippen molar-refractivity contribution in [3.05, 3.63) is 82.3 Å². The van der Waals surface area contributed by atoms with Gasteiger partial charge in [0.1, 0.15) is 0 Å². The molecule has 110 valence electrons. The van der Waals surface area contributed by atoms with E-state index in [1.807, 2.05) is 43.4 Å². The van der Waals surface area contributed by atoms with Gasteiger partial charge in [-0.3, -0.25) is 4.79 Å². The summed E-state index contributed by atoms with van der Waals surface area (Å²) in [4.78, 5) is 14.2. The molecule has 0 aromatic heterocycles. The van der Waals surface area contributed by atoms with Crippen LogP contribution in [0.3, 0.4) is 0 Å². The van der Waals surface area contributed by atoms with Crippen LogP contribution in [-0.2, 0) is 6.54 Å². The minimum Gasteiger partial charge on any atom is -0.337 e. The Labute approximate surface area is 138 Å². The molecule has 3 heteroatoms. The van der Waals surface area contributed by atoms with E-state index >= 15 is 0 Å². The predicted molar refractivity (Wildman–Crippen MR) is 93.9 cm³/mol. The van der Waals surface area contributed by atoms with Gasteiger partial charge in [0, 0.05) is 23.6 Å². The maximum atomic E-state index is 12.5. The van der Waals surface area contributed by atoms with Gasteiger partial charge in [-0.1, -0.05) is 58.4 Å². The summed E-state index contributed by atoms with van der Waals surface area (Å²) in [6, 6.07) is 22.0. The smallest absolute Gasteiger partial charge is 0.253 e. The summed E-state index contributed by atoms with van der Waals surface area (Å²) < 4.78 is 0.914. The molecule has 0 bridgehead atoms. The molecule has 3 aromatic carbocycles. The maximum Gasteiger partial charge on any atom is 0.253 e. The summed E-state index contributed by atoms with van der Waals surface area (Å²) >= 11 is 3.40. The number of carbonyl (C=O) groups is 1. The van der Waals surface area contributed by atoms with Crippen molar-refractivity contribution in [3.8, 4) is 0 Å². The zero-order valence-electron chi connectivity index (χ0n) is 12.3. The molecule has 3 aromatic rings. The molecule has 22 heavy (non-hydrogen) atoms. The first-order valence-corrected chi connectivity index (χ1v) is 7.91. The van der Waals surface area contributed by atoms with Gasteiger partial charge in [0.05, 0.1) is 0 Å². The van der Waals surface area contributed by atoms with Gasteiger partial charge in [0.15, 0.2) is 0 Å². The molecule has 0 aliphatic carbocycles. The number of halogens is 1. The van der Waals surface area contributed by atoms with Crippen molar-refractivity contribution in [1.29, 1.82) is 0 Å². The van der Waals surface area contributed by atoms with Gasteiger partial charge in [-0.2, -0.15) is 0 Å². The average Bonchev–Trinajstić information content (AvgIpc) is 2.54. The monoisotopic (exact) mass is 353 g/mol. The predicted octanol–water partition coefficient (Wildman–Crippen LogP) is 4.87. The van der Waals surface area contributed by atoms with Crippen LogP contribution in [0, 0.1) is 0 Å². The third-order valence-corrected chi connectivity index (χ3v) is 4.15. The molecular formula is C19H16BrNO. The molecule has 0 spiro atoms. The van der Waals surface area contributed by atoms with Crippen LogP contribution in [0.15, 0.2) is 71.2 Å². The topological polar surface area (TPSA) is 20.3 Å². The molecule has 0 radical (unpaired) electrons. The van der Waals surface area contributed by atoms with Crippen molar-refractivity contribution in [1.82, 2.24) is 4.90 Å². The van der Waals surface area contributed by atoms with Crippen LogP contribution in [0.1, 0.15) is 15.9 Å². The Bertz CT molecular complexity index is 828. The Kier molecular flexibility index (Phi) is 4.25. The molecule has 0 atom stereocenters. The van der Waals surface area contributed by atoms with E-state index in [9.17, 15) is 4.79 Å². The van der Waals surface area contributed by atoms with Gasteiger partial charge in [0.25, 0.3) is 5.91 Å². The maximum absolute atomic E-state index is 12.5. The molecule has 0 aliphatic heterocycles. The van der Waals surface area contributed by atoms with Crippen molar-refractivity contribution < 1.29 is 4.79 Å². The first-order valence-electron chi connectivity index (χ1n) is 7.12. The van der Waals surface area contributed by atoms with E-state index < -0.39 is 0 Å². The van der Waals surface area contributed by atoms with Crippen LogP contribution in [-0.4, -0.2) is 17.9 Å². The molecule has 0 saturated carbocycles. The van der Waals surface area contributed by atoms with Crippen LogP contribution in [0.25, 0.3) is 10.8 Å². The Morgan fingerprint density at radius 2 is 1.73 bits per heavy atom. The molecule has 0 saturated heterocycles. The summed E-state index contributed by atoms with van der Waals surface area (Å²) in [6.07, 6.45) is 0. The van der Waals surface area contributed by atoms with E-state index in [2.05, 4.69) is 46.3 Å². The molecule has 0 heterocycles. The van der Waals surface area contributed by atoms with E-state index in [4.69, 9.17) is 0 Å². The largest absolute Gasteiger partial charge is 0.337 e. The van der Waals surface area contributed by atoms with Crippen LogP contribution in [0.4, 0.5) is 0 Å². The lowest BCUT2D eigenvalue weighted by molar-refractivity contribution is 0.0785. The van der Waals surface area contributed by atoms with Crippen LogP contribution in [0.2, 0.25) is 0 Å². The summed E-state index contributed by atoms with van der Waals surface area (Å²) in [5.41, 5.74) is 1.82. The lowest BCUT2D eigenvalue weighted by atomic mass is 10.1. The molecule has 3 rings (SSSR count). The Hall–Kier alpha value is -2.13. The van der Waals surface area contributed by atoms with Crippen molar-refractivity contribution in [2.24, 2.45) is 0 Å². The normalized spacial score (nSPS) is 10.6. The molecule has 2 nitrogen and oxygen atoms in total. The minimum absolute atomic E-state index is 0.0226. The highest BCUT2D eigenvalue weighted by Gasteiger charge is 2.12. The summed E-state index contributed by atoms with van der Waals surface area (Å²) in [7, 11) is 1.83. The minimum atomic E-state index is 0.0226. The van der Waals surface area contributed by atoms with Gasteiger partial charge >= 0.3 is 0 Å². The van der Waals surface area contributed by atoms with Crippen molar-refractivity contribution >= 4 is 32.6 Å². The molecule has 1 amide bonds. The number of nitrogens with zero attached hydrogens (tertiary/aromatic N) is 1. The number of fused-ring (bicyclic) bond motifs is 1. The molecule has 0 unspecified atom stereocenters. The fourth-order valence-corrected chi connectivity index (χ4v) is 2.92. The fraction of sp³-hybridized carbons (Fsp3) is 0.105. The number of rotatable bonds is 3. The molecule has 0 fully saturated rings. The quantitative estimate of drug-likeness (QED) is 0.657. The van der Waals surface area contributed by atoms with Crippen LogP contribution >= 0.6 is 15.9 Å². The van der Waals surface area contributed by atoms with E-state index in [1.165, 1.54) is 10.8 Å². The van der Waals surface area contributed by atoms with Crippen molar-refractivity contribution in [2.75, 3.05) is 7.05 Å². The van der Waals surface area contributed by atoms with Gasteiger partial charge in [-0.15, -0.1) is 0 Å². The van der Waals surface area contributed by atoms with Crippen molar-refractivity contribution in [3.63, 3.8) is 0 Å². The van der Waals surface area contributed by atoms with Gasteiger partial charge in [-0.05, 0) is 40.6 Å². The zero-order chi connectivity index (χ0) is 15.5. The second kappa shape index (κ2) is 6.32. The number of hydrogen-bond acceptors (Lipinski definition) is 1. The third kappa shape index (κ3) is 3.20. The lowest BCUT2D eigenvalue weighted by Gasteiger charge is -2.18. The molecule has 0 N–H and O–H groups in total. The van der Waals surface area contributed by atoms with E-state index in [1.54, 1.807) is 4.90 Å². The summed E-state index contributed by atoms with van der Waals surface area (Å²) in [5.74, 6) is 0.0226. The summed E-state index contributed by atoms with van der Waals surface area (Å²) in [6.45, 7) is 0.593. The first-order chi connectivity index (χ1) is 10.6. The fourth-order valence-electron chi connectivity index (χ4n) is 2.52. The Balaban J connectivity index is 1.80. The number of hydrogen-bond donors (Lipinski definition) is 0. The lowest BCUT2D eigenvalue weighted by Crippen LogP contribution is -2.26. The first kappa shape index (κ1) is 14.8. The van der Waals surface area contributed by atoms with Gasteiger partial charge in [0.2, 0.25) is 0 Å². The third-order valence-electron chi connectivity index (χ3n) is 3.65. The highest BCUT2D eigenvalue weighted by atomic mass is 79.9. The molecular weight excluding hydrogens is 338 g/mol. The van der Waals surface area contributed by atoms with E-state index in [0.717, 1.165) is 10.0 Å². The second-order valence-electron chi connectivity index (χ2n) is 5.35. The number of benzene rings is 3. The van der Waals surface area contributed by atoms with Gasteiger partial charge in [-0.25, -0.2) is 0 Å². The number of amides is 1. The van der Waals surface area contributed by atoms with Crippen LogP contribution in [0.5, 0.6) is 0 Å².